The van der Waals surface area contributed by atoms with Crippen molar-refractivity contribution in [1.29, 1.82) is 0 Å². The molecule has 6 fully saturated rings. The second-order valence-electron chi connectivity index (χ2n) is 19.6. The summed E-state index contributed by atoms with van der Waals surface area (Å²) in [7, 11) is 0. The number of allylic oxidation sites excluding steroid dienone is 3. The Hall–Kier alpha value is -1.04. The molecule has 13 nitrogen and oxygen atoms in total. The zero-order valence-corrected chi connectivity index (χ0v) is 33.8. The van der Waals surface area contributed by atoms with Gasteiger partial charge in [0.15, 0.2) is 12.6 Å². The van der Waals surface area contributed by atoms with Crippen molar-refractivity contribution in [2.24, 2.45) is 45.3 Å². The fourth-order valence-electron chi connectivity index (χ4n) is 13.1. The Bertz CT molecular complexity index is 1400. The molecule has 2 aliphatic heterocycles. The molecule has 0 bridgehead atoms. The second kappa shape index (κ2) is 15.9. The van der Waals surface area contributed by atoms with E-state index < -0.39 is 98.4 Å². The van der Waals surface area contributed by atoms with Crippen molar-refractivity contribution < 1.29 is 64.9 Å². The van der Waals surface area contributed by atoms with Gasteiger partial charge in [0.25, 0.3) is 0 Å². The number of aliphatic hydroxyl groups excluding tert-OH is 9. The lowest BCUT2D eigenvalue weighted by Gasteiger charge is -2.71. The van der Waals surface area contributed by atoms with Gasteiger partial charge in [-0.2, -0.15) is 0 Å². The van der Waals surface area contributed by atoms with Crippen molar-refractivity contribution in [1.82, 2.24) is 0 Å². The lowest BCUT2D eigenvalue weighted by atomic mass is 9.35. The summed E-state index contributed by atoms with van der Waals surface area (Å²) in [5, 5.41) is 97.6. The summed E-state index contributed by atoms with van der Waals surface area (Å²) in [5.74, 6) is 0.556. The number of hydrogen-bond donors (Lipinski definition) is 9. The van der Waals surface area contributed by atoms with Gasteiger partial charge in [-0.3, -0.25) is 0 Å². The number of ether oxygens (including phenoxy) is 4. The Kier molecular flexibility index (Phi) is 12.6. The maximum Gasteiger partial charge on any atom is 0.187 e. The molecule has 3 unspecified atom stereocenters. The Morgan fingerprint density at radius 2 is 1.33 bits per heavy atom. The summed E-state index contributed by atoms with van der Waals surface area (Å²) in [6.45, 7) is 18.6. The summed E-state index contributed by atoms with van der Waals surface area (Å²) in [4.78, 5) is 0. The number of hydrogen-bond acceptors (Lipinski definition) is 13. The van der Waals surface area contributed by atoms with Gasteiger partial charge >= 0.3 is 0 Å². The molecule has 55 heavy (non-hydrogen) atoms. The van der Waals surface area contributed by atoms with Gasteiger partial charge < -0.3 is 64.9 Å². The molecule has 0 aromatic carbocycles. The average molecular weight is 783 g/mol. The standard InChI is InChI=1S/C42H70O13/c1-20(2)10-9-11-21(3)22-12-14-42(8)29(22)23(45)16-28-40(6)17-24(46)36(39(4,5)27(40)13-15-41(28,42)7)55-38-35(33(50)31(48)26(19-44)53-38)54-37-34(51)32(49)30(47)25(18-43)52-37/h10,22-38,43-51H,3,9,11-19H2,1-2,4-8H3/t22-,23-,24+,25-,26-,27?,28?,29?,30-,31-,32+,33+,34-,35-,36+,37+,38+,40+,41-,42-/m1/s1. The Labute approximate surface area is 326 Å². The Morgan fingerprint density at radius 1 is 0.727 bits per heavy atom. The van der Waals surface area contributed by atoms with Crippen LogP contribution in [0.25, 0.3) is 0 Å². The van der Waals surface area contributed by atoms with Crippen LogP contribution in [0.3, 0.4) is 0 Å². The molecular formula is C42H70O13. The average Bonchev–Trinajstić information content (AvgIpc) is 3.49. The Morgan fingerprint density at radius 3 is 1.95 bits per heavy atom. The summed E-state index contributed by atoms with van der Waals surface area (Å²) >= 11 is 0. The van der Waals surface area contributed by atoms with Crippen molar-refractivity contribution in [3.05, 3.63) is 23.8 Å². The van der Waals surface area contributed by atoms with Crippen molar-refractivity contribution in [3.8, 4) is 0 Å². The maximum absolute atomic E-state index is 12.2. The SMILES string of the molecule is C=C(CCC=C(C)C)[C@H]1CC[C@]2(C)C1[C@H](O)CC1[C@@]3(C)C[C@H](O)[C@H](O[C@@H]4O[C@H](CO)[C@@H](O)[C@H](O)[C@H]4O[C@@H]4O[C@H](CO)[C@@H](O)[C@H](O)[C@H]4O)C(C)(C)C3CC[C@]12C. The quantitative estimate of drug-likeness (QED) is 0.115. The van der Waals surface area contributed by atoms with Crippen molar-refractivity contribution in [2.75, 3.05) is 13.2 Å². The predicted molar refractivity (Wildman–Crippen MR) is 201 cm³/mol. The highest BCUT2D eigenvalue weighted by atomic mass is 16.8. The molecule has 316 valence electrons. The van der Waals surface area contributed by atoms with Crippen molar-refractivity contribution in [3.63, 3.8) is 0 Å². The zero-order valence-electron chi connectivity index (χ0n) is 33.8. The second-order valence-corrected chi connectivity index (χ2v) is 19.6. The maximum atomic E-state index is 12.2. The molecule has 0 aromatic heterocycles. The van der Waals surface area contributed by atoms with E-state index in [0.29, 0.717) is 12.8 Å². The predicted octanol–water partition coefficient (Wildman–Crippen LogP) is 1.93. The Balaban J connectivity index is 1.25. The molecule has 0 radical (unpaired) electrons. The third kappa shape index (κ3) is 7.12. The molecular weight excluding hydrogens is 712 g/mol. The lowest BCUT2D eigenvalue weighted by molar-refractivity contribution is -0.383. The first-order chi connectivity index (χ1) is 25.7. The fraction of sp³-hybridized carbons (Fsp3) is 0.905. The van der Waals surface area contributed by atoms with Crippen LogP contribution in [0.2, 0.25) is 0 Å². The largest absolute Gasteiger partial charge is 0.394 e. The van der Waals surface area contributed by atoms with Gasteiger partial charge in [0.1, 0.15) is 48.8 Å². The lowest BCUT2D eigenvalue weighted by Crippen LogP contribution is -2.69. The summed E-state index contributed by atoms with van der Waals surface area (Å²) in [6.07, 6.45) is -9.14. The molecule has 4 aliphatic carbocycles. The van der Waals surface area contributed by atoms with Gasteiger partial charge in [-0.1, -0.05) is 58.4 Å². The van der Waals surface area contributed by atoms with Crippen LogP contribution in [0.5, 0.6) is 0 Å². The zero-order chi connectivity index (χ0) is 40.6. The van der Waals surface area contributed by atoms with E-state index in [1.807, 2.05) is 0 Å². The molecule has 13 heteroatoms. The van der Waals surface area contributed by atoms with Gasteiger partial charge in [0, 0.05) is 0 Å². The third-order valence-electron chi connectivity index (χ3n) is 16.1. The van der Waals surface area contributed by atoms with Crippen LogP contribution in [-0.4, -0.2) is 139 Å². The van der Waals surface area contributed by atoms with E-state index in [-0.39, 0.29) is 39.9 Å². The first-order valence-electron chi connectivity index (χ1n) is 20.6. The molecule has 0 amide bonds. The molecule has 0 spiro atoms. The van der Waals surface area contributed by atoms with E-state index in [9.17, 15) is 46.0 Å². The van der Waals surface area contributed by atoms with Crippen LogP contribution in [0.4, 0.5) is 0 Å². The van der Waals surface area contributed by atoms with E-state index in [1.165, 1.54) is 11.1 Å². The molecule has 6 aliphatic rings. The molecule has 2 saturated heterocycles. The van der Waals surface area contributed by atoms with Crippen LogP contribution >= 0.6 is 0 Å². The minimum absolute atomic E-state index is 0.0487. The van der Waals surface area contributed by atoms with E-state index in [0.717, 1.165) is 38.5 Å². The van der Waals surface area contributed by atoms with E-state index in [1.54, 1.807) is 0 Å². The van der Waals surface area contributed by atoms with Crippen LogP contribution in [0.1, 0.15) is 99.8 Å². The van der Waals surface area contributed by atoms with Crippen LogP contribution < -0.4 is 0 Å². The topological polar surface area (TPSA) is 219 Å². The first-order valence-corrected chi connectivity index (χ1v) is 20.6. The van der Waals surface area contributed by atoms with Gasteiger partial charge in [-0.25, -0.2) is 0 Å². The minimum atomic E-state index is -1.80. The molecule has 9 N–H and O–H groups in total. The first kappa shape index (κ1) is 43.5. The summed E-state index contributed by atoms with van der Waals surface area (Å²) < 4.78 is 24.1. The highest BCUT2D eigenvalue weighted by molar-refractivity contribution is 5.23. The highest BCUT2D eigenvalue weighted by Crippen LogP contribution is 2.75. The monoisotopic (exact) mass is 782 g/mol. The summed E-state index contributed by atoms with van der Waals surface area (Å²) in [6, 6.07) is 0. The number of rotatable bonds is 10. The molecule has 0 aromatic rings. The van der Waals surface area contributed by atoms with Crippen LogP contribution in [0, 0.1) is 45.3 Å². The smallest absolute Gasteiger partial charge is 0.187 e. The van der Waals surface area contributed by atoms with E-state index >= 15 is 0 Å². The number of aliphatic hydroxyl groups is 9. The summed E-state index contributed by atoms with van der Waals surface area (Å²) in [5.41, 5.74) is 1.28. The number of fused-ring (bicyclic) bond motifs is 5. The van der Waals surface area contributed by atoms with Gasteiger partial charge in [0.2, 0.25) is 0 Å². The van der Waals surface area contributed by atoms with Crippen molar-refractivity contribution >= 4 is 0 Å². The highest BCUT2D eigenvalue weighted by Gasteiger charge is 2.71. The molecule has 4 saturated carbocycles. The molecule has 6 rings (SSSR count). The van der Waals surface area contributed by atoms with Gasteiger partial charge in [-0.15, -0.1) is 0 Å². The third-order valence-corrected chi connectivity index (χ3v) is 16.1. The van der Waals surface area contributed by atoms with E-state index in [4.69, 9.17) is 18.9 Å². The molecule has 20 atom stereocenters. The van der Waals surface area contributed by atoms with Crippen LogP contribution in [-0.2, 0) is 18.9 Å². The van der Waals surface area contributed by atoms with Crippen molar-refractivity contribution in [2.45, 2.75) is 180 Å². The van der Waals surface area contributed by atoms with Gasteiger partial charge in [-0.05, 0) is 111 Å². The molecule has 2 heterocycles. The van der Waals surface area contributed by atoms with Gasteiger partial charge in [0.05, 0.1) is 31.5 Å². The van der Waals surface area contributed by atoms with E-state index in [2.05, 4.69) is 61.1 Å². The fourth-order valence-corrected chi connectivity index (χ4v) is 13.1. The van der Waals surface area contributed by atoms with Crippen LogP contribution in [0.15, 0.2) is 23.8 Å². The minimum Gasteiger partial charge on any atom is -0.394 e. The normalized spacial score (nSPS) is 52.1.